The molecule has 0 atom stereocenters. The van der Waals surface area contributed by atoms with Gasteiger partial charge in [0.05, 0.1) is 5.38 Å². The van der Waals surface area contributed by atoms with Crippen LogP contribution < -0.4 is 0 Å². The minimum Gasteiger partial charge on any atom is -0.114 e. The van der Waals surface area contributed by atoms with Crippen molar-refractivity contribution < 1.29 is 0 Å². The third-order valence-electron chi connectivity index (χ3n) is 0.923. The van der Waals surface area contributed by atoms with Gasteiger partial charge in [-0.3, -0.25) is 0 Å². The molecule has 0 heterocycles. The van der Waals surface area contributed by atoms with E-state index in [1.807, 2.05) is 36.5 Å². The molecule has 0 aliphatic heterocycles. The minimum absolute atomic E-state index is 0.0741. The van der Waals surface area contributed by atoms with Crippen molar-refractivity contribution in [1.29, 1.82) is 0 Å². The summed E-state index contributed by atoms with van der Waals surface area (Å²) in [4.78, 5) is 0. The number of rotatable bonds is 0. The first-order valence-electron chi connectivity index (χ1n) is 2.55. The summed E-state index contributed by atoms with van der Waals surface area (Å²) in [5, 5.41) is 0.0741. The van der Waals surface area contributed by atoms with Gasteiger partial charge in [-0.25, -0.2) is 0 Å². The third kappa shape index (κ3) is 1.55. The highest BCUT2D eigenvalue weighted by Gasteiger charge is 1.89. The molecule has 1 aliphatic carbocycles. The van der Waals surface area contributed by atoms with Gasteiger partial charge in [0, 0.05) is 0 Å². The SMILES string of the molecule is ClC1C=CC=CC=C1. The quantitative estimate of drug-likeness (QED) is 0.437. The first kappa shape index (κ1) is 5.64. The smallest absolute Gasteiger partial charge is 0.0702 e. The van der Waals surface area contributed by atoms with Crippen molar-refractivity contribution in [2.24, 2.45) is 0 Å². The zero-order valence-electron chi connectivity index (χ0n) is 4.42. The van der Waals surface area contributed by atoms with Crippen molar-refractivity contribution in [3.63, 3.8) is 0 Å². The molecular formula is C7H7Cl. The molecule has 0 radical (unpaired) electrons. The lowest BCUT2D eigenvalue weighted by atomic mass is 10.4. The van der Waals surface area contributed by atoms with E-state index in [1.54, 1.807) is 0 Å². The minimum atomic E-state index is 0.0741. The van der Waals surface area contributed by atoms with Crippen LogP contribution in [0.3, 0.4) is 0 Å². The number of halogens is 1. The molecule has 0 saturated heterocycles. The van der Waals surface area contributed by atoms with Crippen LogP contribution in [0.2, 0.25) is 0 Å². The topological polar surface area (TPSA) is 0 Å². The van der Waals surface area contributed by atoms with Gasteiger partial charge < -0.3 is 0 Å². The molecular weight excluding hydrogens is 120 g/mol. The maximum atomic E-state index is 5.71. The van der Waals surface area contributed by atoms with Gasteiger partial charge >= 0.3 is 0 Å². The Kier molecular flexibility index (Phi) is 1.93. The van der Waals surface area contributed by atoms with Gasteiger partial charge in [-0.1, -0.05) is 36.5 Å². The monoisotopic (exact) mass is 126 g/mol. The second-order valence-corrected chi connectivity index (χ2v) is 2.10. The Bertz CT molecular complexity index is 126. The molecule has 42 valence electrons. The highest BCUT2D eigenvalue weighted by molar-refractivity contribution is 6.23. The van der Waals surface area contributed by atoms with Crippen LogP contribution in [0.5, 0.6) is 0 Å². The Morgan fingerprint density at radius 1 is 0.875 bits per heavy atom. The van der Waals surface area contributed by atoms with E-state index in [0.717, 1.165) is 0 Å². The molecule has 8 heavy (non-hydrogen) atoms. The lowest BCUT2D eigenvalue weighted by molar-refractivity contribution is 1.41. The molecule has 0 aromatic rings. The predicted molar refractivity (Wildman–Crippen MR) is 37.1 cm³/mol. The molecule has 0 spiro atoms. The van der Waals surface area contributed by atoms with Crippen molar-refractivity contribution in [2.45, 2.75) is 5.38 Å². The lowest BCUT2D eigenvalue weighted by Gasteiger charge is -1.87. The summed E-state index contributed by atoms with van der Waals surface area (Å²) in [7, 11) is 0. The van der Waals surface area contributed by atoms with Crippen LogP contribution in [0.1, 0.15) is 0 Å². The molecule has 0 bridgehead atoms. The molecule has 0 nitrogen and oxygen atoms in total. The average molecular weight is 127 g/mol. The van der Waals surface area contributed by atoms with Crippen molar-refractivity contribution in [1.82, 2.24) is 0 Å². The number of hydrogen-bond donors (Lipinski definition) is 0. The van der Waals surface area contributed by atoms with Gasteiger partial charge in [0.15, 0.2) is 0 Å². The second-order valence-electron chi connectivity index (χ2n) is 1.60. The van der Waals surface area contributed by atoms with E-state index < -0.39 is 0 Å². The van der Waals surface area contributed by atoms with Gasteiger partial charge in [-0.05, 0) is 0 Å². The normalized spacial score (nSPS) is 19.1. The standard InChI is InChI=1S/C7H7Cl/c8-7-5-3-1-2-4-6-7/h1-7H. The summed E-state index contributed by atoms with van der Waals surface area (Å²) >= 11 is 5.71. The average Bonchev–Trinajstić information content (AvgIpc) is 1.94. The van der Waals surface area contributed by atoms with Gasteiger partial charge in [-0.2, -0.15) is 0 Å². The fraction of sp³-hybridized carbons (Fsp3) is 0.143. The molecule has 0 saturated carbocycles. The van der Waals surface area contributed by atoms with Crippen LogP contribution in [0, 0.1) is 0 Å². The third-order valence-corrected chi connectivity index (χ3v) is 1.21. The molecule has 0 fully saturated rings. The maximum absolute atomic E-state index is 5.71. The Morgan fingerprint density at radius 2 is 1.38 bits per heavy atom. The summed E-state index contributed by atoms with van der Waals surface area (Å²) in [6.45, 7) is 0. The van der Waals surface area contributed by atoms with Crippen LogP contribution in [-0.2, 0) is 0 Å². The van der Waals surface area contributed by atoms with E-state index in [0.29, 0.717) is 0 Å². The van der Waals surface area contributed by atoms with E-state index in [1.165, 1.54) is 0 Å². The molecule has 0 amide bonds. The van der Waals surface area contributed by atoms with Crippen molar-refractivity contribution in [3.8, 4) is 0 Å². The molecule has 1 rings (SSSR count). The van der Waals surface area contributed by atoms with Crippen LogP contribution in [0.25, 0.3) is 0 Å². The molecule has 0 N–H and O–H groups in total. The molecule has 0 unspecified atom stereocenters. The van der Waals surface area contributed by atoms with E-state index in [2.05, 4.69) is 0 Å². The highest BCUT2D eigenvalue weighted by atomic mass is 35.5. The summed E-state index contributed by atoms with van der Waals surface area (Å²) in [5.74, 6) is 0. The first-order valence-corrected chi connectivity index (χ1v) is 2.99. The fourth-order valence-corrected chi connectivity index (χ4v) is 0.701. The maximum Gasteiger partial charge on any atom is 0.0702 e. The highest BCUT2D eigenvalue weighted by Crippen LogP contribution is 2.02. The molecule has 0 aromatic heterocycles. The van der Waals surface area contributed by atoms with Crippen LogP contribution in [0.15, 0.2) is 36.5 Å². The van der Waals surface area contributed by atoms with Gasteiger partial charge in [0.2, 0.25) is 0 Å². The Hall–Kier alpha value is -0.490. The van der Waals surface area contributed by atoms with Crippen molar-refractivity contribution in [2.75, 3.05) is 0 Å². The molecule has 1 aliphatic rings. The van der Waals surface area contributed by atoms with Gasteiger partial charge in [0.25, 0.3) is 0 Å². The lowest BCUT2D eigenvalue weighted by Crippen LogP contribution is -1.81. The van der Waals surface area contributed by atoms with Crippen molar-refractivity contribution in [3.05, 3.63) is 36.5 Å². The Morgan fingerprint density at radius 3 is 1.88 bits per heavy atom. The summed E-state index contributed by atoms with van der Waals surface area (Å²) in [6.07, 6.45) is 11.7. The van der Waals surface area contributed by atoms with E-state index in [-0.39, 0.29) is 5.38 Å². The zero-order chi connectivity index (χ0) is 5.82. The largest absolute Gasteiger partial charge is 0.114 e. The van der Waals surface area contributed by atoms with Crippen LogP contribution in [0.4, 0.5) is 0 Å². The predicted octanol–water partition coefficient (Wildman–Crippen LogP) is 2.28. The van der Waals surface area contributed by atoms with Gasteiger partial charge in [0.1, 0.15) is 0 Å². The fourth-order valence-electron chi connectivity index (χ4n) is 0.533. The molecule has 1 heteroatoms. The summed E-state index contributed by atoms with van der Waals surface area (Å²) in [6, 6.07) is 0. The Labute approximate surface area is 54.2 Å². The Balaban J connectivity index is 2.66. The van der Waals surface area contributed by atoms with Gasteiger partial charge in [-0.15, -0.1) is 11.6 Å². The van der Waals surface area contributed by atoms with E-state index >= 15 is 0 Å². The number of hydrogen-bond acceptors (Lipinski definition) is 0. The second kappa shape index (κ2) is 2.73. The van der Waals surface area contributed by atoms with Crippen molar-refractivity contribution >= 4 is 11.6 Å². The number of alkyl halides is 1. The zero-order valence-corrected chi connectivity index (χ0v) is 5.18. The summed E-state index contributed by atoms with van der Waals surface area (Å²) < 4.78 is 0. The van der Waals surface area contributed by atoms with E-state index in [9.17, 15) is 0 Å². The molecule has 0 aromatic carbocycles. The summed E-state index contributed by atoms with van der Waals surface area (Å²) in [5.41, 5.74) is 0. The number of allylic oxidation sites excluding steroid dienone is 6. The van der Waals surface area contributed by atoms with E-state index in [4.69, 9.17) is 11.6 Å². The van der Waals surface area contributed by atoms with Crippen LogP contribution >= 0.6 is 11.6 Å². The first-order chi connectivity index (χ1) is 3.89. The van der Waals surface area contributed by atoms with Crippen LogP contribution in [-0.4, -0.2) is 5.38 Å².